The van der Waals surface area contributed by atoms with Gasteiger partial charge in [0.2, 0.25) is 0 Å². The summed E-state index contributed by atoms with van der Waals surface area (Å²) in [7, 11) is -2.50. The minimum atomic E-state index is -1.41. The molecule has 0 saturated carbocycles. The molecule has 0 aliphatic heterocycles. The SMILES string of the molecule is C=C(C)C(=O)OCC(O)COCCC[SiH](C)O[Si](C)(C)C. The summed E-state index contributed by atoms with van der Waals surface area (Å²) >= 11 is 0. The van der Waals surface area contributed by atoms with Crippen molar-refractivity contribution in [3.63, 3.8) is 0 Å². The van der Waals surface area contributed by atoms with E-state index in [2.05, 4.69) is 32.8 Å². The van der Waals surface area contributed by atoms with Crippen LogP contribution in [0.4, 0.5) is 0 Å². The van der Waals surface area contributed by atoms with Crippen LogP contribution in [0.2, 0.25) is 32.2 Å². The maximum Gasteiger partial charge on any atom is 0.333 e. The van der Waals surface area contributed by atoms with Gasteiger partial charge in [-0.1, -0.05) is 6.58 Å². The van der Waals surface area contributed by atoms with Crippen LogP contribution in [0.25, 0.3) is 0 Å². The molecular formula is C14H30O5Si2. The topological polar surface area (TPSA) is 65.0 Å². The Morgan fingerprint density at radius 1 is 1.33 bits per heavy atom. The molecule has 0 radical (unpaired) electrons. The second-order valence-electron chi connectivity index (χ2n) is 6.29. The van der Waals surface area contributed by atoms with Gasteiger partial charge in [0.1, 0.15) is 12.7 Å². The quantitative estimate of drug-likeness (QED) is 0.271. The number of carbonyl (C=O) groups is 1. The molecule has 0 amide bonds. The Morgan fingerprint density at radius 2 is 1.95 bits per heavy atom. The zero-order valence-electron chi connectivity index (χ0n) is 14.0. The first-order valence-electron chi connectivity index (χ1n) is 7.38. The molecule has 0 aromatic heterocycles. The second kappa shape index (κ2) is 10.3. The van der Waals surface area contributed by atoms with Gasteiger partial charge < -0.3 is 18.7 Å². The summed E-state index contributed by atoms with van der Waals surface area (Å²) in [6.07, 6.45) is 0.150. The van der Waals surface area contributed by atoms with Gasteiger partial charge in [0, 0.05) is 12.2 Å². The van der Waals surface area contributed by atoms with Crippen molar-refractivity contribution < 1.29 is 23.5 Å². The molecule has 21 heavy (non-hydrogen) atoms. The van der Waals surface area contributed by atoms with Crippen LogP contribution < -0.4 is 0 Å². The van der Waals surface area contributed by atoms with Gasteiger partial charge in [0.05, 0.1) is 6.61 Å². The van der Waals surface area contributed by atoms with Crippen LogP contribution in [0.5, 0.6) is 0 Å². The van der Waals surface area contributed by atoms with E-state index < -0.39 is 29.4 Å². The first kappa shape index (κ1) is 20.5. The van der Waals surface area contributed by atoms with E-state index >= 15 is 0 Å². The molecule has 0 aliphatic rings. The maximum absolute atomic E-state index is 11.1. The smallest absolute Gasteiger partial charge is 0.333 e. The average molecular weight is 335 g/mol. The van der Waals surface area contributed by atoms with Crippen LogP contribution in [-0.2, 0) is 18.4 Å². The predicted octanol–water partition coefficient (Wildman–Crippen LogP) is 2.08. The van der Waals surface area contributed by atoms with Crippen molar-refractivity contribution in [2.45, 2.75) is 51.7 Å². The minimum Gasteiger partial charge on any atom is -0.460 e. The molecule has 0 saturated heterocycles. The van der Waals surface area contributed by atoms with Gasteiger partial charge in [-0.25, -0.2) is 4.79 Å². The Morgan fingerprint density at radius 3 is 2.48 bits per heavy atom. The van der Waals surface area contributed by atoms with Crippen molar-refractivity contribution in [3.05, 3.63) is 12.2 Å². The van der Waals surface area contributed by atoms with Crippen molar-refractivity contribution >= 4 is 23.3 Å². The molecule has 2 unspecified atom stereocenters. The van der Waals surface area contributed by atoms with Crippen molar-refractivity contribution in [3.8, 4) is 0 Å². The van der Waals surface area contributed by atoms with E-state index in [1.165, 1.54) is 0 Å². The Labute approximate surface area is 131 Å². The third-order valence-electron chi connectivity index (χ3n) is 2.52. The Bertz CT molecular complexity index is 328. The van der Waals surface area contributed by atoms with Crippen molar-refractivity contribution in [1.29, 1.82) is 0 Å². The fourth-order valence-electron chi connectivity index (χ4n) is 1.70. The van der Waals surface area contributed by atoms with E-state index in [1.807, 2.05) is 0 Å². The monoisotopic (exact) mass is 334 g/mol. The van der Waals surface area contributed by atoms with E-state index in [-0.39, 0.29) is 13.2 Å². The summed E-state index contributed by atoms with van der Waals surface area (Å²) in [5.74, 6) is -0.489. The summed E-state index contributed by atoms with van der Waals surface area (Å²) in [6, 6.07) is 1.07. The van der Waals surface area contributed by atoms with Crippen LogP contribution >= 0.6 is 0 Å². The summed E-state index contributed by atoms with van der Waals surface area (Å²) < 4.78 is 16.3. The number of aliphatic hydroxyl groups is 1. The van der Waals surface area contributed by atoms with E-state index in [0.29, 0.717) is 12.2 Å². The lowest BCUT2D eigenvalue weighted by Gasteiger charge is -2.23. The van der Waals surface area contributed by atoms with Crippen molar-refractivity contribution in [2.24, 2.45) is 0 Å². The Kier molecular flexibility index (Phi) is 10.1. The van der Waals surface area contributed by atoms with Crippen molar-refractivity contribution in [2.75, 3.05) is 19.8 Å². The van der Waals surface area contributed by atoms with Crippen LogP contribution in [0.3, 0.4) is 0 Å². The zero-order valence-corrected chi connectivity index (χ0v) is 16.1. The molecule has 1 N–H and O–H groups in total. The van der Waals surface area contributed by atoms with Gasteiger partial charge in [0.15, 0.2) is 17.4 Å². The third-order valence-corrected chi connectivity index (χ3v) is 8.18. The lowest BCUT2D eigenvalue weighted by molar-refractivity contribution is -0.143. The van der Waals surface area contributed by atoms with Gasteiger partial charge in [-0.3, -0.25) is 0 Å². The second-order valence-corrected chi connectivity index (χ2v) is 13.7. The highest BCUT2D eigenvalue weighted by molar-refractivity contribution is 6.77. The Balaban J connectivity index is 3.58. The van der Waals surface area contributed by atoms with Crippen LogP contribution in [-0.4, -0.2) is 54.4 Å². The molecule has 7 heteroatoms. The highest BCUT2D eigenvalue weighted by atomic mass is 28.4. The molecule has 5 nitrogen and oxygen atoms in total. The number of hydrogen-bond donors (Lipinski definition) is 1. The van der Waals surface area contributed by atoms with Crippen molar-refractivity contribution in [1.82, 2.24) is 0 Å². The minimum absolute atomic E-state index is 0.0599. The summed E-state index contributed by atoms with van der Waals surface area (Å²) in [5, 5.41) is 9.60. The van der Waals surface area contributed by atoms with Crippen LogP contribution in [0.15, 0.2) is 12.2 Å². The normalized spacial score (nSPS) is 14.6. The van der Waals surface area contributed by atoms with E-state index in [0.717, 1.165) is 12.5 Å². The van der Waals surface area contributed by atoms with Gasteiger partial charge in [-0.2, -0.15) is 0 Å². The summed E-state index contributed by atoms with van der Waals surface area (Å²) in [5.41, 5.74) is 0.324. The van der Waals surface area contributed by atoms with Gasteiger partial charge in [-0.15, -0.1) is 0 Å². The number of aliphatic hydroxyl groups excluding tert-OH is 1. The first-order chi connectivity index (χ1) is 9.61. The largest absolute Gasteiger partial charge is 0.460 e. The number of ether oxygens (including phenoxy) is 2. The molecule has 0 spiro atoms. The lowest BCUT2D eigenvalue weighted by atomic mass is 10.3. The lowest BCUT2D eigenvalue weighted by Crippen LogP contribution is -2.33. The van der Waals surface area contributed by atoms with Gasteiger partial charge in [0.25, 0.3) is 0 Å². The Hall–Kier alpha value is -0.476. The number of hydrogen-bond acceptors (Lipinski definition) is 5. The highest BCUT2D eigenvalue weighted by Gasteiger charge is 2.18. The predicted molar refractivity (Wildman–Crippen MR) is 89.5 cm³/mol. The molecular weight excluding hydrogens is 304 g/mol. The zero-order chi connectivity index (χ0) is 16.5. The van der Waals surface area contributed by atoms with Crippen LogP contribution in [0.1, 0.15) is 13.3 Å². The van der Waals surface area contributed by atoms with Crippen LogP contribution in [0, 0.1) is 0 Å². The van der Waals surface area contributed by atoms with Gasteiger partial charge >= 0.3 is 5.97 Å². The molecule has 0 heterocycles. The number of rotatable bonds is 11. The van der Waals surface area contributed by atoms with E-state index in [4.69, 9.17) is 13.6 Å². The fraction of sp³-hybridized carbons (Fsp3) is 0.786. The maximum atomic E-state index is 11.1. The molecule has 0 bridgehead atoms. The molecule has 2 atom stereocenters. The summed E-state index contributed by atoms with van der Waals surface area (Å²) in [6.45, 7) is 14.6. The summed E-state index contributed by atoms with van der Waals surface area (Å²) in [4.78, 5) is 11.1. The molecule has 0 aliphatic carbocycles. The third kappa shape index (κ3) is 12.9. The molecule has 124 valence electrons. The first-order valence-corrected chi connectivity index (χ1v) is 13.2. The molecule has 0 rings (SSSR count). The standard InChI is InChI=1S/C14H30O5Si2/c1-12(2)14(16)18-11-13(15)10-17-8-7-9-20(3)19-21(4,5)6/h13,15,20H,1,7-11H2,2-6H3. The van der Waals surface area contributed by atoms with E-state index in [9.17, 15) is 9.90 Å². The molecule has 0 fully saturated rings. The average Bonchev–Trinajstić information content (AvgIpc) is 2.33. The molecule has 0 aromatic rings. The highest BCUT2D eigenvalue weighted by Crippen LogP contribution is 2.09. The molecule has 0 aromatic carbocycles. The fourth-order valence-corrected chi connectivity index (χ4v) is 7.74. The number of esters is 1. The van der Waals surface area contributed by atoms with E-state index in [1.54, 1.807) is 6.92 Å². The number of carbonyl (C=O) groups excluding carboxylic acids is 1. The van der Waals surface area contributed by atoms with Gasteiger partial charge in [-0.05, 0) is 45.6 Å².